The zero-order valence-corrected chi connectivity index (χ0v) is 7.66. The molecule has 68 valence electrons. The van der Waals surface area contributed by atoms with Crippen LogP contribution in [0, 0.1) is 0 Å². The summed E-state index contributed by atoms with van der Waals surface area (Å²) < 4.78 is 5.88. The topological polar surface area (TPSA) is 21.3 Å². The van der Waals surface area contributed by atoms with Gasteiger partial charge in [0.05, 0.1) is 12.2 Å². The Morgan fingerprint density at radius 1 is 1.31 bits per heavy atom. The Balaban J connectivity index is 2.07. The molecule has 2 heteroatoms. The van der Waals surface area contributed by atoms with E-state index in [1.807, 2.05) is 7.05 Å². The highest BCUT2D eigenvalue weighted by atomic mass is 16.5. The maximum absolute atomic E-state index is 5.88. The molecule has 0 aliphatic carbocycles. The van der Waals surface area contributed by atoms with Gasteiger partial charge in [0.1, 0.15) is 0 Å². The van der Waals surface area contributed by atoms with E-state index in [-0.39, 0.29) is 0 Å². The Labute approximate surface area is 77.9 Å². The minimum atomic E-state index is 0.297. The summed E-state index contributed by atoms with van der Waals surface area (Å²) in [5.74, 6) is 0. The van der Waals surface area contributed by atoms with Crippen LogP contribution >= 0.6 is 0 Å². The molecule has 3 atom stereocenters. The second kappa shape index (κ2) is 2.56. The number of hydrogen-bond donors (Lipinski definition) is 1. The quantitative estimate of drug-likeness (QED) is 0.702. The predicted molar refractivity (Wildman–Crippen MR) is 50.5 cm³/mol. The molecular weight excluding hydrogens is 162 g/mol. The molecule has 1 saturated heterocycles. The SMILES string of the molecule is CN[C@@H]1C[C@@H]2O[C@H]1c1ccccc12. The predicted octanol–water partition coefficient (Wildman–Crippen LogP) is 1.79. The third-order valence-electron chi connectivity index (χ3n) is 3.16. The van der Waals surface area contributed by atoms with Gasteiger partial charge in [-0.25, -0.2) is 0 Å². The molecule has 0 amide bonds. The zero-order chi connectivity index (χ0) is 8.84. The summed E-state index contributed by atoms with van der Waals surface area (Å²) in [5.41, 5.74) is 2.79. The van der Waals surface area contributed by atoms with Crippen molar-refractivity contribution in [3.8, 4) is 0 Å². The van der Waals surface area contributed by atoms with Crippen LogP contribution in [0.25, 0.3) is 0 Å². The lowest BCUT2D eigenvalue weighted by Gasteiger charge is -2.20. The lowest BCUT2D eigenvalue weighted by Crippen LogP contribution is -2.29. The fourth-order valence-electron chi connectivity index (χ4n) is 2.50. The van der Waals surface area contributed by atoms with Crippen LogP contribution in [0.3, 0.4) is 0 Å². The van der Waals surface area contributed by atoms with Gasteiger partial charge in [-0.3, -0.25) is 0 Å². The van der Waals surface area contributed by atoms with E-state index in [1.165, 1.54) is 11.1 Å². The first-order valence-corrected chi connectivity index (χ1v) is 4.81. The van der Waals surface area contributed by atoms with E-state index in [0.29, 0.717) is 18.2 Å². The molecule has 0 saturated carbocycles. The van der Waals surface area contributed by atoms with Crippen molar-refractivity contribution in [3.05, 3.63) is 35.4 Å². The van der Waals surface area contributed by atoms with Gasteiger partial charge in [-0.1, -0.05) is 24.3 Å². The fourth-order valence-corrected chi connectivity index (χ4v) is 2.50. The van der Waals surface area contributed by atoms with Crippen LogP contribution in [0.1, 0.15) is 29.8 Å². The molecule has 1 fully saturated rings. The number of likely N-dealkylation sites (N-methyl/N-ethyl adjacent to an activating group) is 1. The summed E-state index contributed by atoms with van der Waals surface area (Å²) in [7, 11) is 2.01. The second-order valence-corrected chi connectivity index (χ2v) is 3.81. The molecule has 2 nitrogen and oxygen atoms in total. The Morgan fingerprint density at radius 3 is 2.85 bits per heavy atom. The van der Waals surface area contributed by atoms with E-state index in [2.05, 4.69) is 29.6 Å². The van der Waals surface area contributed by atoms with E-state index in [9.17, 15) is 0 Å². The van der Waals surface area contributed by atoms with Crippen LogP contribution in [0.2, 0.25) is 0 Å². The highest BCUT2D eigenvalue weighted by molar-refractivity contribution is 5.38. The highest BCUT2D eigenvalue weighted by Gasteiger charge is 2.43. The average Bonchev–Trinajstić information content (AvgIpc) is 2.75. The molecule has 13 heavy (non-hydrogen) atoms. The standard InChI is InChI=1S/C11H13NO/c1-12-9-6-10-7-4-2-3-5-8(7)11(9)13-10/h2-5,9-12H,6H2,1H3/t9-,10+,11+/m1/s1. The van der Waals surface area contributed by atoms with Gasteiger partial charge in [-0.15, -0.1) is 0 Å². The van der Waals surface area contributed by atoms with Crippen molar-refractivity contribution in [1.82, 2.24) is 5.32 Å². The normalized spacial score (nSPS) is 35.0. The Hall–Kier alpha value is -0.860. The van der Waals surface area contributed by atoms with E-state index < -0.39 is 0 Å². The Morgan fingerprint density at radius 2 is 2.08 bits per heavy atom. The molecule has 1 N–H and O–H groups in total. The van der Waals surface area contributed by atoms with Crippen molar-refractivity contribution >= 4 is 0 Å². The number of fused-ring (bicyclic) bond motifs is 5. The summed E-state index contributed by atoms with van der Waals surface area (Å²) in [6.45, 7) is 0. The van der Waals surface area contributed by atoms with Gasteiger partial charge < -0.3 is 10.1 Å². The molecule has 1 aromatic carbocycles. The van der Waals surface area contributed by atoms with Crippen LogP contribution in [0.5, 0.6) is 0 Å². The molecule has 2 heterocycles. The maximum Gasteiger partial charge on any atom is 0.0990 e. The van der Waals surface area contributed by atoms with Gasteiger partial charge in [-0.05, 0) is 24.6 Å². The van der Waals surface area contributed by atoms with E-state index in [1.54, 1.807) is 0 Å². The zero-order valence-electron chi connectivity index (χ0n) is 7.66. The van der Waals surface area contributed by atoms with E-state index in [4.69, 9.17) is 4.74 Å². The third kappa shape index (κ3) is 0.901. The summed E-state index contributed by atoms with van der Waals surface area (Å²) in [5, 5.41) is 3.31. The molecule has 2 aliphatic rings. The van der Waals surface area contributed by atoms with Gasteiger partial charge in [0.25, 0.3) is 0 Å². The minimum absolute atomic E-state index is 0.297. The van der Waals surface area contributed by atoms with Crippen molar-refractivity contribution in [3.63, 3.8) is 0 Å². The summed E-state index contributed by atoms with van der Waals surface area (Å²) in [6, 6.07) is 9.07. The highest BCUT2D eigenvalue weighted by Crippen LogP contribution is 2.50. The maximum atomic E-state index is 5.88. The Bertz CT molecular complexity index is 335. The number of rotatable bonds is 1. The second-order valence-electron chi connectivity index (χ2n) is 3.81. The van der Waals surface area contributed by atoms with Crippen molar-refractivity contribution in [2.75, 3.05) is 7.05 Å². The lowest BCUT2D eigenvalue weighted by atomic mass is 9.88. The van der Waals surface area contributed by atoms with Crippen LogP contribution in [0.15, 0.2) is 24.3 Å². The van der Waals surface area contributed by atoms with Crippen molar-refractivity contribution in [2.24, 2.45) is 0 Å². The molecular formula is C11H13NO. The fraction of sp³-hybridized carbons (Fsp3) is 0.455. The van der Waals surface area contributed by atoms with E-state index >= 15 is 0 Å². The number of ether oxygens (including phenoxy) is 1. The smallest absolute Gasteiger partial charge is 0.0990 e. The first-order valence-electron chi connectivity index (χ1n) is 4.81. The number of hydrogen-bond acceptors (Lipinski definition) is 2. The lowest BCUT2D eigenvalue weighted by molar-refractivity contribution is 0.0654. The van der Waals surface area contributed by atoms with Gasteiger partial charge >= 0.3 is 0 Å². The molecule has 0 aromatic heterocycles. The molecule has 0 radical (unpaired) electrons. The van der Waals surface area contributed by atoms with Crippen LogP contribution in [-0.2, 0) is 4.74 Å². The van der Waals surface area contributed by atoms with Gasteiger partial charge in [0.15, 0.2) is 0 Å². The molecule has 0 spiro atoms. The van der Waals surface area contributed by atoms with E-state index in [0.717, 1.165) is 6.42 Å². The largest absolute Gasteiger partial charge is 0.364 e. The Kier molecular flexibility index (Phi) is 1.49. The third-order valence-corrected chi connectivity index (χ3v) is 3.16. The van der Waals surface area contributed by atoms with Crippen LogP contribution < -0.4 is 5.32 Å². The van der Waals surface area contributed by atoms with Gasteiger partial charge in [0.2, 0.25) is 0 Å². The number of benzene rings is 1. The summed E-state index contributed by atoms with van der Waals surface area (Å²) in [6.07, 6.45) is 1.77. The van der Waals surface area contributed by atoms with Crippen molar-refractivity contribution in [2.45, 2.75) is 24.7 Å². The minimum Gasteiger partial charge on any atom is -0.364 e. The van der Waals surface area contributed by atoms with Crippen LogP contribution in [0.4, 0.5) is 0 Å². The molecule has 0 unspecified atom stereocenters. The molecule has 2 aliphatic heterocycles. The first-order chi connectivity index (χ1) is 6.40. The number of nitrogens with one attached hydrogen (secondary N) is 1. The van der Waals surface area contributed by atoms with Crippen LogP contribution in [-0.4, -0.2) is 13.1 Å². The van der Waals surface area contributed by atoms with Crippen molar-refractivity contribution < 1.29 is 4.74 Å². The van der Waals surface area contributed by atoms with Gasteiger partial charge in [0, 0.05) is 6.04 Å². The molecule has 2 bridgehead atoms. The van der Waals surface area contributed by atoms with Gasteiger partial charge in [-0.2, -0.15) is 0 Å². The molecule has 1 aromatic rings. The first kappa shape index (κ1) is 7.54. The van der Waals surface area contributed by atoms with Crippen molar-refractivity contribution in [1.29, 1.82) is 0 Å². The summed E-state index contributed by atoms with van der Waals surface area (Å²) >= 11 is 0. The summed E-state index contributed by atoms with van der Waals surface area (Å²) in [4.78, 5) is 0. The monoisotopic (exact) mass is 175 g/mol. The molecule has 3 rings (SSSR count). The average molecular weight is 175 g/mol.